The van der Waals surface area contributed by atoms with E-state index in [2.05, 4.69) is 5.10 Å². The first-order chi connectivity index (χ1) is 15.9. The first kappa shape index (κ1) is 21.9. The van der Waals surface area contributed by atoms with Gasteiger partial charge in [0.2, 0.25) is 5.78 Å². The van der Waals surface area contributed by atoms with Gasteiger partial charge in [0.05, 0.1) is 23.5 Å². The molecule has 0 aliphatic heterocycles. The van der Waals surface area contributed by atoms with Crippen molar-refractivity contribution in [3.8, 4) is 17.5 Å². The van der Waals surface area contributed by atoms with E-state index in [0.717, 1.165) is 23.5 Å². The number of carbonyl (C=O) groups excluding carboxylic acids is 1. The van der Waals surface area contributed by atoms with Gasteiger partial charge in [0.25, 0.3) is 5.56 Å². The fraction of sp³-hybridized carbons (Fsp3) is 0.0833. The fourth-order valence-electron chi connectivity index (χ4n) is 3.24. The van der Waals surface area contributed by atoms with Crippen molar-refractivity contribution in [1.82, 2.24) is 14.3 Å². The van der Waals surface area contributed by atoms with Crippen molar-refractivity contribution in [3.63, 3.8) is 0 Å². The molecule has 0 radical (unpaired) electrons. The molecule has 2 aromatic carbocycles. The molecule has 0 aliphatic carbocycles. The lowest BCUT2D eigenvalue weighted by atomic mass is 10.1. The van der Waals surface area contributed by atoms with Gasteiger partial charge >= 0.3 is 0 Å². The first-order valence-corrected chi connectivity index (χ1v) is 10.5. The Morgan fingerprint density at radius 3 is 2.64 bits per heavy atom. The van der Waals surface area contributed by atoms with E-state index in [4.69, 9.17) is 4.74 Å². The van der Waals surface area contributed by atoms with E-state index in [1.807, 2.05) is 6.07 Å². The van der Waals surface area contributed by atoms with Gasteiger partial charge in [-0.2, -0.15) is 10.4 Å². The number of nitriles is 1. The van der Waals surface area contributed by atoms with Gasteiger partial charge in [-0.3, -0.25) is 18.8 Å². The molecule has 0 fully saturated rings. The van der Waals surface area contributed by atoms with Crippen LogP contribution in [0.2, 0.25) is 0 Å². The molecule has 33 heavy (non-hydrogen) atoms. The lowest BCUT2D eigenvalue weighted by molar-refractivity contribution is 0.105. The molecule has 2 heterocycles. The largest absolute Gasteiger partial charge is 0.497 e. The summed E-state index contributed by atoms with van der Waals surface area (Å²) in [6, 6.07) is 13.6. The molecule has 9 heteroatoms. The van der Waals surface area contributed by atoms with Crippen LogP contribution >= 0.6 is 11.3 Å². The van der Waals surface area contributed by atoms with Crippen molar-refractivity contribution in [1.29, 1.82) is 5.26 Å². The molecule has 0 saturated heterocycles. The van der Waals surface area contributed by atoms with Crippen LogP contribution in [0, 0.1) is 17.1 Å². The number of Topliss-reactive ketones (excluding diaryl/α,β-unsaturated/α-hetero) is 1. The van der Waals surface area contributed by atoms with E-state index in [1.54, 1.807) is 54.5 Å². The number of rotatable bonds is 5. The topological polar surface area (TPSA) is 89.9 Å². The van der Waals surface area contributed by atoms with Crippen LogP contribution in [0.25, 0.3) is 17.3 Å². The minimum atomic E-state index is -0.608. The van der Waals surface area contributed by atoms with E-state index in [0.29, 0.717) is 21.5 Å². The Morgan fingerprint density at radius 1 is 1.24 bits per heavy atom. The Morgan fingerprint density at radius 2 is 2.00 bits per heavy atom. The average Bonchev–Trinajstić information content (AvgIpc) is 3.37. The zero-order chi connectivity index (χ0) is 23.5. The highest BCUT2D eigenvalue weighted by Gasteiger charge is 2.19. The molecule has 7 nitrogen and oxygen atoms in total. The predicted octanol–water partition coefficient (Wildman–Crippen LogP) is 2.17. The molecule has 4 aromatic rings. The number of carbonyl (C=O) groups is 1. The van der Waals surface area contributed by atoms with Crippen LogP contribution in [0.3, 0.4) is 0 Å². The second kappa shape index (κ2) is 9.06. The number of hydrogen-bond acceptors (Lipinski definition) is 6. The smallest absolute Gasteiger partial charge is 0.273 e. The quantitative estimate of drug-likeness (QED) is 0.426. The van der Waals surface area contributed by atoms with Gasteiger partial charge < -0.3 is 4.74 Å². The minimum Gasteiger partial charge on any atom is -0.497 e. The maximum Gasteiger partial charge on any atom is 0.273 e. The highest BCUT2D eigenvalue weighted by molar-refractivity contribution is 7.07. The van der Waals surface area contributed by atoms with Crippen LogP contribution in [0.15, 0.2) is 65.7 Å². The number of benzene rings is 2. The Labute approximate surface area is 191 Å². The standard InChI is InChI=1S/C24H17FN4O3S/c1-28-14-15(13-27-28)10-21-23(31)29(18-4-3-5-19(11-18)32-2)24(33-21)20(12-26)22(30)16-6-8-17(25)9-7-16/h3-11,13-14H,1-2H3/b21-10-,24-20-. The average molecular weight is 460 g/mol. The van der Waals surface area contributed by atoms with Crippen molar-refractivity contribution < 1.29 is 13.9 Å². The van der Waals surface area contributed by atoms with Gasteiger partial charge in [0.15, 0.2) is 0 Å². The van der Waals surface area contributed by atoms with Gasteiger partial charge in [-0.15, -0.1) is 11.3 Å². The van der Waals surface area contributed by atoms with Crippen molar-refractivity contribution in [2.75, 3.05) is 7.11 Å². The molecule has 0 atom stereocenters. The lowest BCUT2D eigenvalue weighted by Gasteiger charge is -2.06. The van der Waals surface area contributed by atoms with Gasteiger partial charge in [-0.25, -0.2) is 4.39 Å². The summed E-state index contributed by atoms with van der Waals surface area (Å²) in [6.45, 7) is 0. The first-order valence-electron chi connectivity index (χ1n) is 9.72. The number of thiazole rings is 1. The van der Waals surface area contributed by atoms with Crippen LogP contribution in [0.4, 0.5) is 4.39 Å². The molecule has 164 valence electrons. The lowest BCUT2D eigenvalue weighted by Crippen LogP contribution is -2.31. The Hall–Kier alpha value is -4.29. The summed E-state index contributed by atoms with van der Waals surface area (Å²) in [5, 5.41) is 14.0. The summed E-state index contributed by atoms with van der Waals surface area (Å²) in [6.07, 6.45) is 5.00. The van der Waals surface area contributed by atoms with Gasteiger partial charge in [0, 0.05) is 30.4 Å². The summed E-state index contributed by atoms with van der Waals surface area (Å²) in [4.78, 5) is 26.6. The van der Waals surface area contributed by atoms with Crippen LogP contribution in [-0.4, -0.2) is 27.2 Å². The summed E-state index contributed by atoms with van der Waals surface area (Å²) < 4.78 is 22.0. The SMILES string of the molecule is COc1cccc(-n2c(=O)/c(=C/c3cnn(C)c3)s/c2=C(/C#N)C(=O)c2ccc(F)cc2)c1. The predicted molar refractivity (Wildman–Crippen MR) is 122 cm³/mol. The molecule has 0 aliphatic rings. The summed E-state index contributed by atoms with van der Waals surface area (Å²) in [7, 11) is 3.26. The molecule has 0 spiro atoms. The van der Waals surface area contributed by atoms with E-state index in [9.17, 15) is 19.2 Å². The highest BCUT2D eigenvalue weighted by Crippen LogP contribution is 2.15. The molecular formula is C24H17FN4O3S. The van der Waals surface area contributed by atoms with E-state index < -0.39 is 17.2 Å². The van der Waals surface area contributed by atoms with Gasteiger partial charge in [0.1, 0.15) is 27.9 Å². The van der Waals surface area contributed by atoms with E-state index >= 15 is 0 Å². The summed E-state index contributed by atoms with van der Waals surface area (Å²) >= 11 is 1.02. The van der Waals surface area contributed by atoms with Crippen molar-refractivity contribution in [2.45, 2.75) is 0 Å². The number of aryl methyl sites for hydroxylation is 1. The molecule has 0 saturated carbocycles. The molecule has 0 bridgehead atoms. The molecule has 0 unspecified atom stereocenters. The Kier molecular flexibility index (Phi) is 6.02. The third-order valence-corrected chi connectivity index (χ3v) is 5.91. The third kappa shape index (κ3) is 4.37. The summed E-state index contributed by atoms with van der Waals surface area (Å²) in [5.74, 6) is -0.594. The fourth-order valence-corrected chi connectivity index (χ4v) is 4.34. The van der Waals surface area contributed by atoms with Gasteiger partial charge in [-0.1, -0.05) is 6.07 Å². The van der Waals surface area contributed by atoms with Gasteiger partial charge in [-0.05, 0) is 42.5 Å². The Balaban J connectivity index is 2.05. The second-order valence-corrected chi connectivity index (χ2v) is 8.06. The van der Waals surface area contributed by atoms with Crippen LogP contribution < -0.4 is 19.5 Å². The van der Waals surface area contributed by atoms with Crippen LogP contribution in [0.5, 0.6) is 5.75 Å². The number of aromatic nitrogens is 3. The van der Waals surface area contributed by atoms with Crippen molar-refractivity contribution in [2.24, 2.45) is 7.05 Å². The number of hydrogen-bond donors (Lipinski definition) is 0. The van der Waals surface area contributed by atoms with Crippen LogP contribution in [-0.2, 0) is 7.05 Å². The number of ketones is 1. The number of ether oxygens (including phenoxy) is 1. The molecule has 4 rings (SSSR count). The van der Waals surface area contributed by atoms with E-state index in [1.165, 1.54) is 23.8 Å². The zero-order valence-electron chi connectivity index (χ0n) is 17.7. The van der Waals surface area contributed by atoms with Crippen molar-refractivity contribution >= 4 is 28.8 Å². The maximum atomic E-state index is 13.4. The molecule has 2 aromatic heterocycles. The van der Waals surface area contributed by atoms with Crippen LogP contribution in [0.1, 0.15) is 15.9 Å². The monoisotopic (exact) mass is 460 g/mol. The second-order valence-electron chi connectivity index (χ2n) is 7.03. The third-order valence-electron chi connectivity index (χ3n) is 4.82. The minimum absolute atomic E-state index is 0.142. The molecular weight excluding hydrogens is 443 g/mol. The maximum absolute atomic E-state index is 13.4. The number of halogens is 1. The highest BCUT2D eigenvalue weighted by atomic mass is 32.1. The molecule has 0 N–H and O–H groups in total. The van der Waals surface area contributed by atoms with Crippen molar-refractivity contribution in [3.05, 3.63) is 97.4 Å². The molecule has 0 amide bonds. The summed E-state index contributed by atoms with van der Waals surface area (Å²) in [5.41, 5.74) is 0.660. The Bertz CT molecular complexity index is 1570. The van der Waals surface area contributed by atoms with E-state index in [-0.39, 0.29) is 15.8 Å². The number of nitrogens with zero attached hydrogens (tertiary/aromatic N) is 4. The normalized spacial score (nSPS) is 12.4. The zero-order valence-corrected chi connectivity index (χ0v) is 18.5. The number of methoxy groups -OCH3 is 1.